The van der Waals surface area contributed by atoms with Crippen LogP contribution in [0.5, 0.6) is 0 Å². The van der Waals surface area contributed by atoms with Crippen LogP contribution in [0, 0.1) is 11.8 Å². The standard InChI is InChI=1S/C16H31IO2/c1-13(2)14-6-8-16(12-17,9-7-14)19-11-10-18-15(3,4)5/h13-14H,6-12H2,1-5H3. The van der Waals surface area contributed by atoms with Gasteiger partial charge >= 0.3 is 0 Å². The molecule has 0 N–H and O–H groups in total. The summed E-state index contributed by atoms with van der Waals surface area (Å²) in [4.78, 5) is 0. The maximum Gasteiger partial charge on any atom is 0.0772 e. The van der Waals surface area contributed by atoms with Gasteiger partial charge in [0.05, 0.1) is 24.4 Å². The fourth-order valence-corrected chi connectivity index (χ4v) is 3.74. The van der Waals surface area contributed by atoms with Crippen molar-refractivity contribution in [1.82, 2.24) is 0 Å². The molecule has 0 amide bonds. The molecular weight excluding hydrogens is 351 g/mol. The number of hydrogen-bond donors (Lipinski definition) is 0. The molecule has 2 nitrogen and oxygen atoms in total. The molecular formula is C16H31IO2. The van der Waals surface area contributed by atoms with Gasteiger partial charge in [0.15, 0.2) is 0 Å². The molecule has 0 radical (unpaired) electrons. The van der Waals surface area contributed by atoms with Gasteiger partial charge in [0.25, 0.3) is 0 Å². The predicted molar refractivity (Wildman–Crippen MR) is 90.1 cm³/mol. The Morgan fingerprint density at radius 2 is 1.74 bits per heavy atom. The fourth-order valence-electron chi connectivity index (χ4n) is 2.76. The van der Waals surface area contributed by atoms with E-state index in [1.165, 1.54) is 25.7 Å². The van der Waals surface area contributed by atoms with Crippen molar-refractivity contribution in [2.45, 2.75) is 71.5 Å². The Bertz CT molecular complexity index is 250. The van der Waals surface area contributed by atoms with Gasteiger partial charge in [0.1, 0.15) is 0 Å². The van der Waals surface area contributed by atoms with E-state index < -0.39 is 0 Å². The third-order valence-electron chi connectivity index (χ3n) is 4.15. The lowest BCUT2D eigenvalue weighted by atomic mass is 9.75. The molecule has 1 saturated carbocycles. The summed E-state index contributed by atoms with van der Waals surface area (Å²) in [7, 11) is 0. The Hall–Kier alpha value is 0.650. The van der Waals surface area contributed by atoms with Crippen LogP contribution in [-0.4, -0.2) is 28.8 Å². The molecule has 1 rings (SSSR count). The van der Waals surface area contributed by atoms with E-state index in [4.69, 9.17) is 9.47 Å². The first kappa shape index (κ1) is 17.7. The normalized spacial score (nSPS) is 28.9. The average molecular weight is 382 g/mol. The van der Waals surface area contributed by atoms with Gasteiger partial charge in [-0.05, 0) is 58.3 Å². The molecule has 0 aromatic carbocycles. The highest BCUT2D eigenvalue weighted by Gasteiger charge is 2.36. The molecule has 1 aliphatic rings. The molecule has 0 bridgehead atoms. The second kappa shape index (κ2) is 7.60. The van der Waals surface area contributed by atoms with Gasteiger partial charge < -0.3 is 9.47 Å². The lowest BCUT2D eigenvalue weighted by Gasteiger charge is -2.40. The third-order valence-corrected chi connectivity index (χ3v) is 5.54. The average Bonchev–Trinajstić information content (AvgIpc) is 2.34. The van der Waals surface area contributed by atoms with E-state index in [0.717, 1.165) is 22.9 Å². The molecule has 0 spiro atoms. The van der Waals surface area contributed by atoms with E-state index in [2.05, 4.69) is 57.2 Å². The summed E-state index contributed by atoms with van der Waals surface area (Å²) in [6.07, 6.45) is 5.07. The highest BCUT2D eigenvalue weighted by atomic mass is 127. The van der Waals surface area contributed by atoms with Crippen LogP contribution >= 0.6 is 22.6 Å². The lowest BCUT2D eigenvalue weighted by molar-refractivity contribution is -0.100. The molecule has 0 saturated heterocycles. The Morgan fingerprint density at radius 1 is 1.16 bits per heavy atom. The molecule has 0 aromatic heterocycles. The Labute approximate surface area is 133 Å². The minimum absolute atomic E-state index is 0.0594. The lowest BCUT2D eigenvalue weighted by Crippen LogP contribution is -2.40. The van der Waals surface area contributed by atoms with Crippen LogP contribution in [0.25, 0.3) is 0 Å². The van der Waals surface area contributed by atoms with Crippen LogP contribution in [0.2, 0.25) is 0 Å². The zero-order valence-electron chi connectivity index (χ0n) is 13.3. The van der Waals surface area contributed by atoms with E-state index in [1.807, 2.05) is 0 Å². The zero-order valence-corrected chi connectivity index (χ0v) is 15.5. The molecule has 0 aromatic rings. The second-order valence-corrected chi connectivity index (χ2v) is 7.97. The molecule has 0 atom stereocenters. The predicted octanol–water partition coefficient (Wildman–Crippen LogP) is 4.84. The molecule has 19 heavy (non-hydrogen) atoms. The van der Waals surface area contributed by atoms with Crippen molar-refractivity contribution in [2.75, 3.05) is 17.6 Å². The molecule has 114 valence electrons. The third kappa shape index (κ3) is 6.30. The monoisotopic (exact) mass is 382 g/mol. The van der Waals surface area contributed by atoms with Crippen LogP contribution in [0.3, 0.4) is 0 Å². The van der Waals surface area contributed by atoms with Crippen LogP contribution in [-0.2, 0) is 9.47 Å². The minimum atomic E-state index is -0.0594. The Kier molecular flexibility index (Phi) is 7.08. The second-order valence-electron chi connectivity index (χ2n) is 7.21. The number of rotatable bonds is 6. The summed E-state index contributed by atoms with van der Waals surface area (Å²) in [6, 6.07) is 0. The van der Waals surface area contributed by atoms with Crippen molar-refractivity contribution in [3.05, 3.63) is 0 Å². The largest absolute Gasteiger partial charge is 0.373 e. The first-order valence-corrected chi connectivity index (χ1v) is 9.14. The van der Waals surface area contributed by atoms with E-state index in [1.54, 1.807) is 0 Å². The van der Waals surface area contributed by atoms with Crippen molar-refractivity contribution in [3.63, 3.8) is 0 Å². The van der Waals surface area contributed by atoms with Crippen molar-refractivity contribution >= 4 is 22.6 Å². The number of hydrogen-bond acceptors (Lipinski definition) is 2. The highest BCUT2D eigenvalue weighted by Crippen LogP contribution is 2.39. The number of ether oxygens (including phenoxy) is 2. The van der Waals surface area contributed by atoms with E-state index in [9.17, 15) is 0 Å². The Balaban J connectivity index is 2.33. The molecule has 3 heteroatoms. The smallest absolute Gasteiger partial charge is 0.0772 e. The van der Waals surface area contributed by atoms with Crippen molar-refractivity contribution in [1.29, 1.82) is 0 Å². The first-order chi connectivity index (χ1) is 8.78. The molecule has 0 heterocycles. The summed E-state index contributed by atoms with van der Waals surface area (Å²) in [5, 5.41) is 0. The summed E-state index contributed by atoms with van der Waals surface area (Å²) in [5.41, 5.74) is 0.0589. The van der Waals surface area contributed by atoms with Crippen molar-refractivity contribution < 1.29 is 9.47 Å². The van der Waals surface area contributed by atoms with Gasteiger partial charge in [0.2, 0.25) is 0 Å². The van der Waals surface area contributed by atoms with Gasteiger partial charge in [-0.2, -0.15) is 0 Å². The van der Waals surface area contributed by atoms with Gasteiger partial charge in [0, 0.05) is 4.43 Å². The van der Waals surface area contributed by atoms with E-state index in [-0.39, 0.29) is 11.2 Å². The summed E-state index contributed by atoms with van der Waals surface area (Å²) in [6.45, 7) is 12.4. The summed E-state index contributed by atoms with van der Waals surface area (Å²) >= 11 is 2.49. The van der Waals surface area contributed by atoms with Gasteiger partial charge in [-0.15, -0.1) is 0 Å². The molecule has 0 unspecified atom stereocenters. The van der Waals surface area contributed by atoms with Gasteiger partial charge in [-0.1, -0.05) is 36.4 Å². The molecule has 1 aliphatic carbocycles. The topological polar surface area (TPSA) is 18.5 Å². The zero-order chi connectivity index (χ0) is 14.5. The van der Waals surface area contributed by atoms with E-state index in [0.29, 0.717) is 6.61 Å². The summed E-state index contributed by atoms with van der Waals surface area (Å²) in [5.74, 6) is 1.71. The van der Waals surface area contributed by atoms with Crippen LogP contribution in [0.4, 0.5) is 0 Å². The van der Waals surface area contributed by atoms with Crippen molar-refractivity contribution in [3.8, 4) is 0 Å². The Morgan fingerprint density at radius 3 is 2.16 bits per heavy atom. The van der Waals surface area contributed by atoms with E-state index >= 15 is 0 Å². The SMILES string of the molecule is CC(C)C1CCC(CI)(OCCOC(C)(C)C)CC1. The van der Waals surface area contributed by atoms with Gasteiger partial charge in [-0.25, -0.2) is 0 Å². The number of halogens is 1. The fraction of sp³-hybridized carbons (Fsp3) is 1.00. The van der Waals surface area contributed by atoms with Crippen LogP contribution in [0.1, 0.15) is 60.3 Å². The summed E-state index contributed by atoms with van der Waals surface area (Å²) < 4.78 is 13.1. The highest BCUT2D eigenvalue weighted by molar-refractivity contribution is 14.1. The molecule has 0 aliphatic heterocycles. The van der Waals surface area contributed by atoms with Crippen LogP contribution in [0.15, 0.2) is 0 Å². The van der Waals surface area contributed by atoms with Gasteiger partial charge in [-0.3, -0.25) is 0 Å². The van der Waals surface area contributed by atoms with Crippen LogP contribution < -0.4 is 0 Å². The van der Waals surface area contributed by atoms with Crippen molar-refractivity contribution in [2.24, 2.45) is 11.8 Å². The maximum atomic E-state index is 6.21. The maximum absolute atomic E-state index is 6.21. The quantitative estimate of drug-likeness (QED) is 0.372. The number of alkyl halides is 1. The minimum Gasteiger partial charge on any atom is -0.373 e. The molecule has 1 fully saturated rings. The first-order valence-electron chi connectivity index (χ1n) is 7.62.